The molecular formula is C26H26N2O3. The molecule has 0 saturated carbocycles. The zero-order chi connectivity index (χ0) is 21.7. The highest BCUT2D eigenvalue weighted by Gasteiger charge is 2.54. The molecule has 1 fully saturated rings. The van der Waals surface area contributed by atoms with Crippen molar-refractivity contribution in [1.82, 2.24) is 10.2 Å². The minimum atomic E-state index is -1.06. The summed E-state index contributed by atoms with van der Waals surface area (Å²) in [5.74, 6) is -0.667. The van der Waals surface area contributed by atoms with Gasteiger partial charge in [0.1, 0.15) is 0 Å². The van der Waals surface area contributed by atoms with Gasteiger partial charge in [-0.25, -0.2) is 4.79 Å². The topological polar surface area (TPSA) is 58.6 Å². The van der Waals surface area contributed by atoms with E-state index >= 15 is 0 Å². The van der Waals surface area contributed by atoms with Crippen LogP contribution in [0, 0.1) is 0 Å². The van der Waals surface area contributed by atoms with Crippen LogP contribution in [0.2, 0.25) is 0 Å². The van der Waals surface area contributed by atoms with Gasteiger partial charge in [-0.1, -0.05) is 78.9 Å². The lowest BCUT2D eigenvalue weighted by Crippen LogP contribution is -2.74. The van der Waals surface area contributed by atoms with Gasteiger partial charge in [0.2, 0.25) is 0 Å². The second-order valence-electron chi connectivity index (χ2n) is 7.75. The van der Waals surface area contributed by atoms with Crippen molar-refractivity contribution in [3.05, 3.63) is 108 Å². The summed E-state index contributed by atoms with van der Waals surface area (Å²) in [6, 6.07) is 29.3. The number of esters is 1. The molecule has 4 rings (SSSR count). The second kappa shape index (κ2) is 9.14. The lowest BCUT2D eigenvalue weighted by molar-refractivity contribution is -0.159. The number of ether oxygens (including phenoxy) is 1. The number of likely N-dealkylation sites (tertiary alicyclic amines) is 1. The van der Waals surface area contributed by atoms with Crippen LogP contribution in [0.4, 0.5) is 0 Å². The summed E-state index contributed by atoms with van der Waals surface area (Å²) in [4.78, 5) is 27.9. The Hall–Kier alpha value is -3.44. The van der Waals surface area contributed by atoms with Gasteiger partial charge in [-0.3, -0.25) is 9.69 Å². The van der Waals surface area contributed by atoms with Crippen molar-refractivity contribution in [1.29, 1.82) is 0 Å². The van der Waals surface area contributed by atoms with E-state index < -0.39 is 11.5 Å². The fourth-order valence-corrected chi connectivity index (χ4v) is 4.12. The van der Waals surface area contributed by atoms with Crippen LogP contribution >= 0.6 is 0 Å². The molecule has 0 aliphatic carbocycles. The molecule has 1 N–H and O–H groups in total. The van der Waals surface area contributed by atoms with Crippen molar-refractivity contribution >= 4 is 11.9 Å². The van der Waals surface area contributed by atoms with E-state index in [0.717, 1.165) is 11.1 Å². The largest absolute Gasteiger partial charge is 0.464 e. The molecule has 0 spiro atoms. The van der Waals surface area contributed by atoms with Crippen molar-refractivity contribution in [3.8, 4) is 0 Å². The molecule has 1 aliphatic rings. The fourth-order valence-electron chi connectivity index (χ4n) is 4.12. The van der Waals surface area contributed by atoms with E-state index in [4.69, 9.17) is 4.74 Å². The number of rotatable bonds is 7. The Labute approximate surface area is 182 Å². The summed E-state index contributed by atoms with van der Waals surface area (Å²) in [5, 5.41) is 2.96. The van der Waals surface area contributed by atoms with Crippen LogP contribution < -0.4 is 5.32 Å². The minimum Gasteiger partial charge on any atom is -0.464 e. The summed E-state index contributed by atoms with van der Waals surface area (Å²) >= 11 is 0. The van der Waals surface area contributed by atoms with Crippen molar-refractivity contribution in [3.63, 3.8) is 0 Å². The second-order valence-corrected chi connectivity index (χ2v) is 7.75. The molecule has 1 aliphatic heterocycles. The van der Waals surface area contributed by atoms with Crippen LogP contribution in [0.15, 0.2) is 91.0 Å². The summed E-state index contributed by atoms with van der Waals surface area (Å²) < 4.78 is 5.35. The predicted molar refractivity (Wildman–Crippen MR) is 120 cm³/mol. The summed E-state index contributed by atoms with van der Waals surface area (Å²) in [5.41, 5.74) is 1.73. The molecule has 5 heteroatoms. The molecule has 1 saturated heterocycles. The van der Waals surface area contributed by atoms with Crippen LogP contribution in [-0.2, 0) is 9.53 Å². The van der Waals surface area contributed by atoms with Crippen LogP contribution in [0.5, 0.6) is 0 Å². The highest BCUT2D eigenvalue weighted by molar-refractivity contribution is 5.98. The van der Waals surface area contributed by atoms with Gasteiger partial charge in [0.25, 0.3) is 5.91 Å². The first-order valence-electron chi connectivity index (χ1n) is 10.5. The third-order valence-electron chi connectivity index (χ3n) is 5.60. The van der Waals surface area contributed by atoms with Gasteiger partial charge in [0.15, 0.2) is 5.54 Å². The predicted octanol–water partition coefficient (Wildman–Crippen LogP) is 3.82. The smallest absolute Gasteiger partial charge is 0.334 e. The maximum absolute atomic E-state index is 12.9. The number of carbonyl (C=O) groups excluding carboxylic acids is 2. The molecule has 1 heterocycles. The average Bonchev–Trinajstić information content (AvgIpc) is 2.79. The monoisotopic (exact) mass is 414 g/mol. The Balaban J connectivity index is 1.60. The Bertz CT molecular complexity index is 977. The van der Waals surface area contributed by atoms with Crippen molar-refractivity contribution in [2.45, 2.75) is 18.5 Å². The molecule has 3 aromatic carbocycles. The van der Waals surface area contributed by atoms with E-state index in [9.17, 15) is 9.59 Å². The van der Waals surface area contributed by atoms with Gasteiger partial charge < -0.3 is 10.1 Å². The SMILES string of the molecule is CCOC(=O)C1(NC(=O)c2ccccc2)CN(C(c2ccccc2)c2ccccc2)C1. The highest BCUT2D eigenvalue weighted by atomic mass is 16.5. The molecule has 5 nitrogen and oxygen atoms in total. The van der Waals surface area contributed by atoms with Gasteiger partial charge in [0, 0.05) is 18.7 Å². The average molecular weight is 415 g/mol. The third kappa shape index (κ3) is 4.37. The molecule has 3 aromatic rings. The zero-order valence-corrected chi connectivity index (χ0v) is 17.5. The van der Waals surface area contributed by atoms with E-state index in [-0.39, 0.29) is 18.6 Å². The Morgan fingerprint density at radius 2 is 1.35 bits per heavy atom. The molecule has 31 heavy (non-hydrogen) atoms. The lowest BCUT2D eigenvalue weighted by atomic mass is 9.84. The summed E-state index contributed by atoms with van der Waals surface area (Å²) in [6.45, 7) is 2.79. The van der Waals surface area contributed by atoms with Gasteiger partial charge in [-0.15, -0.1) is 0 Å². The van der Waals surface area contributed by atoms with E-state index in [1.807, 2.05) is 42.5 Å². The highest BCUT2D eigenvalue weighted by Crippen LogP contribution is 2.36. The maximum Gasteiger partial charge on any atom is 0.334 e. The zero-order valence-electron chi connectivity index (χ0n) is 17.5. The standard InChI is InChI=1S/C26H26N2O3/c1-2-31-25(30)26(27-24(29)22-16-10-5-11-17-22)18-28(19-26)23(20-12-6-3-7-13-20)21-14-8-4-9-15-21/h3-17,23H,2,18-19H2,1H3,(H,27,29). The van der Waals surface area contributed by atoms with Crippen LogP contribution in [0.3, 0.4) is 0 Å². The van der Waals surface area contributed by atoms with Crippen molar-refractivity contribution in [2.75, 3.05) is 19.7 Å². The Morgan fingerprint density at radius 3 is 1.84 bits per heavy atom. The normalized spacial score (nSPS) is 15.2. The molecule has 158 valence electrons. The van der Waals surface area contributed by atoms with Crippen LogP contribution in [0.25, 0.3) is 0 Å². The number of nitrogens with zero attached hydrogens (tertiary/aromatic N) is 1. The van der Waals surface area contributed by atoms with Gasteiger partial charge in [-0.05, 0) is 30.2 Å². The minimum absolute atomic E-state index is 0.0152. The van der Waals surface area contributed by atoms with E-state index in [1.54, 1.807) is 31.2 Å². The first-order valence-corrected chi connectivity index (χ1v) is 10.5. The van der Waals surface area contributed by atoms with Crippen LogP contribution in [-0.4, -0.2) is 42.0 Å². The summed E-state index contributed by atoms with van der Waals surface area (Å²) in [7, 11) is 0. The molecule has 1 amide bonds. The number of hydrogen-bond acceptors (Lipinski definition) is 4. The maximum atomic E-state index is 12.9. The third-order valence-corrected chi connectivity index (χ3v) is 5.60. The first-order chi connectivity index (χ1) is 15.1. The number of nitrogens with one attached hydrogen (secondary N) is 1. The number of carbonyl (C=O) groups is 2. The summed E-state index contributed by atoms with van der Waals surface area (Å²) in [6.07, 6.45) is 0. The molecule has 0 radical (unpaired) electrons. The Morgan fingerprint density at radius 1 is 0.871 bits per heavy atom. The van der Waals surface area contributed by atoms with E-state index in [2.05, 4.69) is 34.5 Å². The lowest BCUT2D eigenvalue weighted by Gasteiger charge is -2.51. The van der Waals surface area contributed by atoms with Crippen molar-refractivity contribution in [2.24, 2.45) is 0 Å². The Kier molecular flexibility index (Phi) is 6.14. The number of hydrogen-bond donors (Lipinski definition) is 1. The van der Waals surface area contributed by atoms with Gasteiger partial charge in [0.05, 0.1) is 12.6 Å². The van der Waals surface area contributed by atoms with Crippen molar-refractivity contribution < 1.29 is 14.3 Å². The number of benzene rings is 3. The van der Waals surface area contributed by atoms with E-state index in [0.29, 0.717) is 18.7 Å². The van der Waals surface area contributed by atoms with Gasteiger partial charge >= 0.3 is 5.97 Å². The van der Waals surface area contributed by atoms with Crippen LogP contribution in [0.1, 0.15) is 34.5 Å². The van der Waals surface area contributed by atoms with E-state index in [1.165, 1.54) is 0 Å². The fraction of sp³-hybridized carbons (Fsp3) is 0.231. The molecular weight excluding hydrogens is 388 g/mol. The quantitative estimate of drug-likeness (QED) is 0.597. The molecule has 0 aromatic heterocycles. The molecule has 0 bridgehead atoms. The first kappa shape index (κ1) is 20.8. The molecule has 0 atom stereocenters. The number of amides is 1. The molecule has 0 unspecified atom stereocenters. The van der Waals surface area contributed by atoms with Gasteiger partial charge in [-0.2, -0.15) is 0 Å².